The average Bonchev–Trinajstić information content (AvgIpc) is 3.07. The molecule has 0 aliphatic rings. The molecule has 31 heavy (non-hydrogen) atoms. The SMILES string of the molecule is Cc1oc2ncn(Cc3cccnc3)c(=O)c2c1C(=O)Nc1ccc(S(N)(=O)=O)nc1. The third kappa shape index (κ3) is 4.06. The lowest BCUT2D eigenvalue weighted by Gasteiger charge is -2.07. The lowest BCUT2D eigenvalue weighted by atomic mass is 10.1. The predicted octanol–water partition coefficient (Wildman–Crippen LogP) is 1.04. The van der Waals surface area contributed by atoms with Gasteiger partial charge in [0.1, 0.15) is 17.5 Å². The first-order valence-corrected chi connectivity index (χ1v) is 10.5. The standard InChI is InChI=1S/C19H16N6O5S/c1-11-15(17(26)24-13-4-5-14(22-8-13)31(20,28)29)16-18(30-11)23-10-25(19(16)27)9-12-3-2-6-21-7-12/h2-8,10H,9H2,1H3,(H,24,26)(H2,20,28,29). The topological polar surface area (TPSA) is 163 Å². The van der Waals surface area contributed by atoms with Gasteiger partial charge in [-0.25, -0.2) is 23.5 Å². The van der Waals surface area contributed by atoms with Crippen LogP contribution in [-0.4, -0.2) is 33.8 Å². The number of nitrogens with zero attached hydrogens (tertiary/aromatic N) is 4. The largest absolute Gasteiger partial charge is 0.442 e. The summed E-state index contributed by atoms with van der Waals surface area (Å²) in [6.07, 6.45) is 5.75. The maximum absolute atomic E-state index is 13.0. The van der Waals surface area contributed by atoms with Crippen LogP contribution in [0.25, 0.3) is 11.1 Å². The zero-order chi connectivity index (χ0) is 22.2. The van der Waals surface area contributed by atoms with Crippen LogP contribution in [0.15, 0.2) is 63.4 Å². The number of hydrogen-bond acceptors (Lipinski definition) is 8. The molecule has 0 atom stereocenters. The number of carbonyl (C=O) groups is 1. The Hall–Kier alpha value is -3.90. The van der Waals surface area contributed by atoms with E-state index >= 15 is 0 Å². The van der Waals surface area contributed by atoms with Crippen LogP contribution < -0.4 is 16.0 Å². The van der Waals surface area contributed by atoms with E-state index < -0.39 is 21.5 Å². The van der Waals surface area contributed by atoms with Crippen molar-refractivity contribution in [1.29, 1.82) is 0 Å². The molecule has 0 radical (unpaired) electrons. The zero-order valence-electron chi connectivity index (χ0n) is 16.1. The Morgan fingerprint density at radius 3 is 2.68 bits per heavy atom. The van der Waals surface area contributed by atoms with Crippen molar-refractivity contribution in [2.45, 2.75) is 18.5 Å². The third-order valence-electron chi connectivity index (χ3n) is 4.44. The normalized spacial score (nSPS) is 11.5. The molecule has 0 aliphatic carbocycles. The molecule has 0 fully saturated rings. The van der Waals surface area contributed by atoms with Gasteiger partial charge in [0.15, 0.2) is 5.03 Å². The van der Waals surface area contributed by atoms with Gasteiger partial charge < -0.3 is 9.73 Å². The maximum Gasteiger partial charge on any atom is 0.265 e. The highest BCUT2D eigenvalue weighted by atomic mass is 32.2. The van der Waals surface area contributed by atoms with Crippen LogP contribution in [0.1, 0.15) is 21.7 Å². The minimum absolute atomic E-state index is 0.0311. The monoisotopic (exact) mass is 440 g/mol. The molecular weight excluding hydrogens is 424 g/mol. The number of aromatic nitrogens is 4. The van der Waals surface area contributed by atoms with Crippen molar-refractivity contribution in [2.24, 2.45) is 5.14 Å². The number of hydrogen-bond donors (Lipinski definition) is 2. The molecule has 0 saturated carbocycles. The molecule has 0 spiro atoms. The second kappa shape index (κ2) is 7.74. The first-order valence-electron chi connectivity index (χ1n) is 8.91. The fraction of sp³-hybridized carbons (Fsp3) is 0.105. The van der Waals surface area contributed by atoms with Crippen LogP contribution in [-0.2, 0) is 16.6 Å². The predicted molar refractivity (Wildman–Crippen MR) is 110 cm³/mol. The van der Waals surface area contributed by atoms with Crippen molar-refractivity contribution in [3.63, 3.8) is 0 Å². The second-order valence-electron chi connectivity index (χ2n) is 6.64. The van der Waals surface area contributed by atoms with Crippen molar-refractivity contribution in [1.82, 2.24) is 19.5 Å². The summed E-state index contributed by atoms with van der Waals surface area (Å²) in [6.45, 7) is 1.77. The second-order valence-corrected chi connectivity index (χ2v) is 8.14. The summed E-state index contributed by atoms with van der Waals surface area (Å²) in [5.74, 6) is -0.412. The molecule has 0 bridgehead atoms. The van der Waals surface area contributed by atoms with Gasteiger partial charge in [0, 0.05) is 12.4 Å². The highest BCUT2D eigenvalue weighted by Gasteiger charge is 2.23. The van der Waals surface area contributed by atoms with Gasteiger partial charge in [0.25, 0.3) is 21.5 Å². The molecule has 12 heteroatoms. The number of sulfonamides is 1. The molecule has 0 aliphatic heterocycles. The Labute approximate surface area is 175 Å². The molecule has 158 valence electrons. The summed E-state index contributed by atoms with van der Waals surface area (Å²) >= 11 is 0. The fourth-order valence-electron chi connectivity index (χ4n) is 3.03. The number of primary sulfonamides is 1. The number of carbonyl (C=O) groups excluding carboxylic acids is 1. The minimum atomic E-state index is -3.96. The summed E-state index contributed by atoms with van der Waals surface area (Å²) < 4.78 is 29.5. The Kier molecular flexibility index (Phi) is 5.09. The third-order valence-corrected chi connectivity index (χ3v) is 5.27. The number of aryl methyl sites for hydroxylation is 1. The number of nitrogens with one attached hydrogen (secondary N) is 1. The van der Waals surface area contributed by atoms with Crippen LogP contribution in [0.3, 0.4) is 0 Å². The summed E-state index contributed by atoms with van der Waals surface area (Å²) in [6, 6.07) is 6.06. The van der Waals surface area contributed by atoms with Crippen molar-refractivity contribution >= 4 is 32.7 Å². The quantitative estimate of drug-likeness (QED) is 0.465. The Bertz CT molecular complexity index is 1440. The Morgan fingerprint density at radius 2 is 2.03 bits per heavy atom. The van der Waals surface area contributed by atoms with Crippen molar-refractivity contribution < 1.29 is 17.6 Å². The van der Waals surface area contributed by atoms with Gasteiger partial charge in [-0.05, 0) is 30.7 Å². The number of pyridine rings is 2. The van der Waals surface area contributed by atoms with Crippen LogP contribution in [0, 0.1) is 6.92 Å². The smallest absolute Gasteiger partial charge is 0.265 e. The number of anilines is 1. The molecular formula is C19H16N6O5S. The van der Waals surface area contributed by atoms with Gasteiger partial charge in [0.05, 0.1) is 24.0 Å². The molecule has 4 heterocycles. The molecule has 4 aromatic rings. The summed E-state index contributed by atoms with van der Waals surface area (Å²) in [4.78, 5) is 37.8. The first-order chi connectivity index (χ1) is 14.7. The maximum atomic E-state index is 13.0. The van der Waals surface area contributed by atoms with E-state index in [4.69, 9.17) is 9.56 Å². The highest BCUT2D eigenvalue weighted by Crippen LogP contribution is 2.22. The lowest BCUT2D eigenvalue weighted by molar-refractivity contribution is 0.102. The van der Waals surface area contributed by atoms with E-state index in [-0.39, 0.29) is 39.7 Å². The number of furan rings is 1. The van der Waals surface area contributed by atoms with Gasteiger partial charge in [-0.15, -0.1) is 0 Å². The van der Waals surface area contributed by atoms with E-state index in [2.05, 4.69) is 20.3 Å². The van der Waals surface area contributed by atoms with Gasteiger partial charge in [-0.3, -0.25) is 19.1 Å². The molecule has 11 nitrogen and oxygen atoms in total. The van der Waals surface area contributed by atoms with Gasteiger partial charge in [-0.1, -0.05) is 6.07 Å². The summed E-state index contributed by atoms with van der Waals surface area (Å²) in [7, 11) is -3.96. The Morgan fingerprint density at radius 1 is 1.23 bits per heavy atom. The number of fused-ring (bicyclic) bond motifs is 1. The summed E-state index contributed by atoms with van der Waals surface area (Å²) in [5.41, 5.74) is 0.628. The van der Waals surface area contributed by atoms with E-state index in [1.54, 1.807) is 25.4 Å². The molecule has 0 aromatic carbocycles. The van der Waals surface area contributed by atoms with E-state index in [0.717, 1.165) is 17.8 Å². The number of rotatable bonds is 5. The van der Waals surface area contributed by atoms with Crippen LogP contribution in [0.2, 0.25) is 0 Å². The van der Waals surface area contributed by atoms with E-state index in [1.807, 2.05) is 6.07 Å². The molecule has 0 unspecified atom stereocenters. The van der Waals surface area contributed by atoms with Gasteiger partial charge in [0.2, 0.25) is 5.71 Å². The fourth-order valence-corrected chi connectivity index (χ4v) is 3.49. The molecule has 3 N–H and O–H groups in total. The summed E-state index contributed by atoms with van der Waals surface area (Å²) in [5, 5.41) is 7.29. The molecule has 0 saturated heterocycles. The minimum Gasteiger partial charge on any atom is -0.442 e. The number of nitrogens with two attached hydrogens (primary N) is 1. The first kappa shape index (κ1) is 20.4. The van der Waals surface area contributed by atoms with Crippen LogP contribution >= 0.6 is 0 Å². The van der Waals surface area contributed by atoms with Crippen molar-refractivity contribution in [2.75, 3.05) is 5.32 Å². The highest BCUT2D eigenvalue weighted by molar-refractivity contribution is 7.89. The Balaban J connectivity index is 1.69. The average molecular weight is 440 g/mol. The van der Waals surface area contributed by atoms with Crippen LogP contribution in [0.4, 0.5) is 5.69 Å². The molecule has 4 aromatic heterocycles. The van der Waals surface area contributed by atoms with E-state index in [9.17, 15) is 18.0 Å². The van der Waals surface area contributed by atoms with Gasteiger partial charge >= 0.3 is 0 Å². The van der Waals surface area contributed by atoms with Crippen LogP contribution in [0.5, 0.6) is 0 Å². The van der Waals surface area contributed by atoms with E-state index in [1.165, 1.54) is 17.0 Å². The molecule has 4 rings (SSSR count). The molecule has 1 amide bonds. The lowest BCUT2D eigenvalue weighted by Crippen LogP contribution is -2.23. The van der Waals surface area contributed by atoms with Crippen molar-refractivity contribution in [3.8, 4) is 0 Å². The van der Waals surface area contributed by atoms with Crippen molar-refractivity contribution in [3.05, 3.63) is 76.4 Å². The zero-order valence-corrected chi connectivity index (χ0v) is 17.0. The number of amides is 1. The van der Waals surface area contributed by atoms with E-state index in [0.29, 0.717) is 0 Å². The van der Waals surface area contributed by atoms with Gasteiger partial charge in [-0.2, -0.15) is 0 Å².